The van der Waals surface area contributed by atoms with Crippen LogP contribution in [0, 0.1) is 5.92 Å². The van der Waals surface area contributed by atoms with E-state index in [1.165, 1.54) is 6.08 Å². The van der Waals surface area contributed by atoms with Crippen molar-refractivity contribution in [3.05, 3.63) is 41.5 Å². The number of nitrogens with one attached hydrogen (secondary N) is 1. The molecule has 0 saturated heterocycles. The zero-order valence-electron chi connectivity index (χ0n) is 10.9. The summed E-state index contributed by atoms with van der Waals surface area (Å²) in [6.07, 6.45) is 1.57. The highest BCUT2D eigenvalue weighted by atomic mass is 16.2. The molecule has 1 amide bonds. The predicted octanol–water partition coefficient (Wildman–Crippen LogP) is 1.96. The fourth-order valence-corrected chi connectivity index (χ4v) is 2.00. The monoisotopic (exact) mass is 257 g/mol. The van der Waals surface area contributed by atoms with Gasteiger partial charge in [0.15, 0.2) is 0 Å². The Kier molecular flexibility index (Phi) is 3.60. The molecule has 0 heterocycles. The Labute approximate surface area is 111 Å². The maximum Gasteiger partial charge on any atom is 0.233 e. The molecular weight excluding hydrogens is 242 g/mol. The Hall–Kier alpha value is -2.23. The number of carbonyl (C=O) groups excluding carboxylic acids is 3. The average molecular weight is 257 g/mol. The molecule has 0 aliphatic heterocycles. The Bertz CT molecular complexity index is 585. The second-order valence-corrected chi connectivity index (χ2v) is 4.94. The molecule has 0 spiro atoms. The normalized spacial score (nSPS) is 14.2. The molecule has 0 unspecified atom stereocenters. The summed E-state index contributed by atoms with van der Waals surface area (Å²) in [5.74, 6) is -1.05. The Morgan fingerprint density at radius 2 is 1.79 bits per heavy atom. The minimum absolute atomic E-state index is 0.154. The minimum atomic E-state index is -0.599. The molecule has 4 heteroatoms. The Morgan fingerprint density at radius 3 is 2.42 bits per heavy atom. The van der Waals surface area contributed by atoms with Crippen molar-refractivity contribution in [1.82, 2.24) is 5.32 Å². The van der Waals surface area contributed by atoms with Gasteiger partial charge in [0, 0.05) is 23.6 Å². The van der Waals surface area contributed by atoms with E-state index < -0.39 is 11.6 Å². The molecule has 1 aliphatic rings. The Balaban J connectivity index is 2.31. The van der Waals surface area contributed by atoms with Crippen LogP contribution < -0.4 is 5.32 Å². The third-order valence-electron chi connectivity index (χ3n) is 2.83. The largest absolute Gasteiger partial charge is 0.325 e. The molecule has 4 nitrogen and oxygen atoms in total. The number of ketones is 2. The van der Waals surface area contributed by atoms with Gasteiger partial charge in [0.25, 0.3) is 0 Å². The van der Waals surface area contributed by atoms with Gasteiger partial charge in [-0.25, -0.2) is 0 Å². The van der Waals surface area contributed by atoms with Crippen LogP contribution in [0.25, 0.3) is 5.70 Å². The molecule has 0 bridgehead atoms. The molecule has 1 aliphatic carbocycles. The fraction of sp³-hybridized carbons (Fsp3) is 0.267. The lowest BCUT2D eigenvalue weighted by molar-refractivity contribution is -0.120. The van der Waals surface area contributed by atoms with Gasteiger partial charge in [-0.3, -0.25) is 14.4 Å². The average Bonchev–Trinajstić information content (AvgIpc) is 2.34. The fourth-order valence-electron chi connectivity index (χ4n) is 2.00. The number of fused-ring (bicyclic) bond motifs is 1. The van der Waals surface area contributed by atoms with Gasteiger partial charge >= 0.3 is 0 Å². The molecule has 2 rings (SSSR count). The van der Waals surface area contributed by atoms with Crippen molar-refractivity contribution in [2.75, 3.05) is 0 Å². The lowest BCUT2D eigenvalue weighted by atomic mass is 9.92. The third kappa shape index (κ3) is 2.78. The summed E-state index contributed by atoms with van der Waals surface area (Å²) >= 11 is 0. The van der Waals surface area contributed by atoms with Crippen LogP contribution in [0.2, 0.25) is 0 Å². The van der Waals surface area contributed by atoms with E-state index in [1.54, 1.807) is 24.3 Å². The van der Waals surface area contributed by atoms with E-state index in [-0.39, 0.29) is 11.8 Å². The van der Waals surface area contributed by atoms with Crippen molar-refractivity contribution in [3.63, 3.8) is 0 Å². The first kappa shape index (κ1) is 13.2. The zero-order valence-corrected chi connectivity index (χ0v) is 10.9. The molecule has 98 valence electrons. The van der Waals surface area contributed by atoms with Crippen LogP contribution in [0.1, 0.15) is 36.2 Å². The predicted molar refractivity (Wildman–Crippen MR) is 71.4 cm³/mol. The molecule has 0 fully saturated rings. The van der Waals surface area contributed by atoms with Crippen molar-refractivity contribution < 1.29 is 14.4 Å². The number of allylic oxidation sites excluding steroid dienone is 1. The van der Waals surface area contributed by atoms with Crippen LogP contribution >= 0.6 is 0 Å². The summed E-state index contributed by atoms with van der Waals surface area (Å²) in [5.41, 5.74) is 1.35. The van der Waals surface area contributed by atoms with E-state index in [0.717, 1.165) is 0 Å². The van der Waals surface area contributed by atoms with Gasteiger partial charge in [-0.2, -0.15) is 0 Å². The van der Waals surface area contributed by atoms with E-state index in [0.29, 0.717) is 23.2 Å². The molecule has 1 aromatic rings. The van der Waals surface area contributed by atoms with Crippen LogP contribution in [0.15, 0.2) is 30.3 Å². The number of carbonyl (C=O) groups is 3. The molecule has 0 aromatic heterocycles. The number of hydrogen-bond donors (Lipinski definition) is 1. The van der Waals surface area contributed by atoms with Gasteiger partial charge in [0.1, 0.15) is 0 Å². The number of amides is 1. The lowest BCUT2D eigenvalue weighted by Gasteiger charge is -2.17. The molecule has 0 atom stereocenters. The highest BCUT2D eigenvalue weighted by Crippen LogP contribution is 2.23. The van der Waals surface area contributed by atoms with Gasteiger partial charge in [0.05, 0.1) is 5.70 Å². The van der Waals surface area contributed by atoms with Crippen molar-refractivity contribution in [2.45, 2.75) is 20.3 Å². The zero-order chi connectivity index (χ0) is 14.0. The number of rotatable bonds is 3. The maximum atomic E-state index is 11.8. The highest BCUT2D eigenvalue weighted by molar-refractivity contribution is 6.50. The van der Waals surface area contributed by atoms with E-state index in [2.05, 4.69) is 5.32 Å². The van der Waals surface area contributed by atoms with E-state index in [1.807, 2.05) is 13.8 Å². The molecular formula is C15H15NO3. The SMILES string of the molecule is CC(C)CC(=O)NC1=CC(=O)C(=O)c2ccccc21. The van der Waals surface area contributed by atoms with E-state index in [9.17, 15) is 14.4 Å². The first-order valence-electron chi connectivity index (χ1n) is 6.18. The van der Waals surface area contributed by atoms with Crippen LogP contribution in [-0.2, 0) is 9.59 Å². The van der Waals surface area contributed by atoms with Crippen molar-refractivity contribution in [1.29, 1.82) is 0 Å². The second kappa shape index (κ2) is 5.18. The van der Waals surface area contributed by atoms with Gasteiger partial charge in [-0.1, -0.05) is 38.1 Å². The standard InChI is InChI=1S/C15H15NO3/c1-9(2)7-14(18)16-12-8-13(17)15(19)11-6-4-3-5-10(11)12/h3-6,8-9H,7H2,1-2H3,(H,16,18). The highest BCUT2D eigenvalue weighted by Gasteiger charge is 2.26. The first-order chi connectivity index (χ1) is 8.99. The molecule has 1 N–H and O–H groups in total. The maximum absolute atomic E-state index is 11.8. The topological polar surface area (TPSA) is 63.2 Å². The molecule has 0 radical (unpaired) electrons. The van der Waals surface area contributed by atoms with Gasteiger partial charge in [0.2, 0.25) is 17.5 Å². The van der Waals surface area contributed by atoms with E-state index in [4.69, 9.17) is 0 Å². The van der Waals surface area contributed by atoms with E-state index >= 15 is 0 Å². The number of hydrogen-bond acceptors (Lipinski definition) is 3. The van der Waals surface area contributed by atoms with Crippen LogP contribution in [0.5, 0.6) is 0 Å². The summed E-state index contributed by atoms with van der Waals surface area (Å²) in [6, 6.07) is 6.78. The van der Waals surface area contributed by atoms with Crippen molar-refractivity contribution >= 4 is 23.2 Å². The van der Waals surface area contributed by atoms with Crippen molar-refractivity contribution in [3.8, 4) is 0 Å². The summed E-state index contributed by atoms with van der Waals surface area (Å²) < 4.78 is 0. The Morgan fingerprint density at radius 1 is 1.16 bits per heavy atom. The van der Waals surface area contributed by atoms with Gasteiger partial charge in [-0.05, 0) is 5.92 Å². The van der Waals surface area contributed by atoms with Crippen LogP contribution in [0.4, 0.5) is 0 Å². The van der Waals surface area contributed by atoms with Gasteiger partial charge in [-0.15, -0.1) is 0 Å². The minimum Gasteiger partial charge on any atom is -0.325 e. The third-order valence-corrected chi connectivity index (χ3v) is 2.83. The second-order valence-electron chi connectivity index (χ2n) is 4.94. The summed E-state index contributed by atoms with van der Waals surface area (Å²) in [7, 11) is 0. The first-order valence-corrected chi connectivity index (χ1v) is 6.18. The van der Waals surface area contributed by atoms with Gasteiger partial charge < -0.3 is 5.32 Å². The smallest absolute Gasteiger partial charge is 0.233 e. The van der Waals surface area contributed by atoms with Crippen LogP contribution in [-0.4, -0.2) is 17.5 Å². The number of benzene rings is 1. The lowest BCUT2D eigenvalue weighted by Crippen LogP contribution is -2.28. The van der Waals surface area contributed by atoms with Crippen molar-refractivity contribution in [2.24, 2.45) is 5.92 Å². The quantitative estimate of drug-likeness (QED) is 0.842. The molecule has 19 heavy (non-hydrogen) atoms. The summed E-state index contributed by atoms with van der Waals surface area (Å²) in [5, 5.41) is 2.71. The van der Waals surface area contributed by atoms with Crippen LogP contribution in [0.3, 0.4) is 0 Å². The number of Topliss-reactive ketones (excluding diaryl/α,β-unsaturated/α-hetero) is 1. The summed E-state index contributed by atoms with van der Waals surface area (Å²) in [4.78, 5) is 35.1. The molecule has 0 saturated carbocycles. The molecule has 1 aromatic carbocycles. The summed E-state index contributed by atoms with van der Waals surface area (Å²) in [6.45, 7) is 3.88.